The molecule has 0 unspecified atom stereocenters. The highest BCUT2D eigenvalue weighted by Crippen LogP contribution is 2.15. The largest absolute Gasteiger partial charge is 0.364 e. The van der Waals surface area contributed by atoms with Crippen LogP contribution in [0.2, 0.25) is 5.02 Å². The maximum atomic E-state index is 8.93. The van der Waals surface area contributed by atoms with Crippen LogP contribution in [-0.4, -0.2) is 9.97 Å². The molecule has 0 aliphatic rings. The van der Waals surface area contributed by atoms with Gasteiger partial charge in [-0.05, 0) is 24.6 Å². The van der Waals surface area contributed by atoms with Gasteiger partial charge in [0.25, 0.3) is 0 Å². The highest BCUT2D eigenvalue weighted by Gasteiger charge is 2.10. The number of rotatable bonds is 3. The van der Waals surface area contributed by atoms with E-state index in [1.54, 1.807) is 19.1 Å². The number of halogens is 1. The van der Waals surface area contributed by atoms with Crippen molar-refractivity contribution in [2.75, 3.05) is 5.32 Å². The lowest BCUT2D eigenvalue weighted by Crippen LogP contribution is -2.07. The van der Waals surface area contributed by atoms with Crippen LogP contribution in [0, 0.1) is 29.6 Å². The Morgan fingerprint density at radius 2 is 1.70 bits per heavy atom. The summed E-state index contributed by atoms with van der Waals surface area (Å²) >= 11 is 5.82. The molecule has 0 amide bonds. The second-order valence-electron chi connectivity index (χ2n) is 4.06. The summed E-state index contributed by atoms with van der Waals surface area (Å²) in [5.41, 5.74) is 1.67. The fourth-order valence-electron chi connectivity index (χ4n) is 1.63. The minimum Gasteiger partial charge on any atom is -0.364 e. The van der Waals surface area contributed by atoms with Gasteiger partial charge in [-0.1, -0.05) is 23.7 Å². The van der Waals surface area contributed by atoms with E-state index in [0.29, 0.717) is 23.1 Å². The SMILES string of the molecule is Cc1nc(C#N)c(C#N)nc1NCc1ccc(Cl)cc1. The molecule has 98 valence electrons. The molecule has 20 heavy (non-hydrogen) atoms. The molecule has 1 aromatic carbocycles. The van der Waals surface area contributed by atoms with Gasteiger partial charge in [-0.25, -0.2) is 9.97 Å². The first-order valence-corrected chi connectivity index (χ1v) is 6.19. The Bertz CT molecular complexity index is 710. The highest BCUT2D eigenvalue weighted by atomic mass is 35.5. The van der Waals surface area contributed by atoms with Crippen molar-refractivity contribution in [1.82, 2.24) is 9.97 Å². The first-order chi connectivity index (χ1) is 9.63. The number of aromatic nitrogens is 2. The van der Waals surface area contributed by atoms with Gasteiger partial charge in [-0.15, -0.1) is 0 Å². The molecule has 5 nitrogen and oxygen atoms in total. The number of aryl methyl sites for hydroxylation is 1. The van der Waals surface area contributed by atoms with E-state index in [1.165, 1.54) is 0 Å². The Morgan fingerprint density at radius 1 is 1.10 bits per heavy atom. The van der Waals surface area contributed by atoms with Gasteiger partial charge in [-0.2, -0.15) is 10.5 Å². The molecular weight excluding hydrogens is 274 g/mol. The van der Waals surface area contributed by atoms with Crippen molar-refractivity contribution < 1.29 is 0 Å². The number of benzene rings is 1. The van der Waals surface area contributed by atoms with E-state index in [2.05, 4.69) is 15.3 Å². The van der Waals surface area contributed by atoms with Gasteiger partial charge in [0.2, 0.25) is 0 Å². The Kier molecular flexibility index (Phi) is 4.14. The van der Waals surface area contributed by atoms with Crippen LogP contribution in [0.25, 0.3) is 0 Å². The molecule has 6 heteroatoms. The van der Waals surface area contributed by atoms with Crippen LogP contribution in [-0.2, 0) is 6.54 Å². The first-order valence-electron chi connectivity index (χ1n) is 5.81. The Morgan fingerprint density at radius 3 is 2.30 bits per heavy atom. The highest BCUT2D eigenvalue weighted by molar-refractivity contribution is 6.30. The van der Waals surface area contributed by atoms with Crippen LogP contribution < -0.4 is 5.32 Å². The molecule has 0 bridgehead atoms. The van der Waals surface area contributed by atoms with Crippen molar-refractivity contribution in [1.29, 1.82) is 10.5 Å². The molecule has 0 saturated carbocycles. The Labute approximate surface area is 121 Å². The third-order valence-corrected chi connectivity index (χ3v) is 2.91. The molecule has 2 rings (SSSR count). The fraction of sp³-hybridized carbons (Fsp3) is 0.143. The molecule has 0 aliphatic heterocycles. The zero-order chi connectivity index (χ0) is 14.5. The molecule has 0 spiro atoms. The topological polar surface area (TPSA) is 85.4 Å². The molecule has 0 aliphatic carbocycles. The molecular formula is C14H10ClN5. The zero-order valence-corrected chi connectivity index (χ0v) is 11.4. The second kappa shape index (κ2) is 6.01. The van der Waals surface area contributed by atoms with Crippen LogP contribution in [0.3, 0.4) is 0 Å². The van der Waals surface area contributed by atoms with Gasteiger partial charge >= 0.3 is 0 Å². The van der Waals surface area contributed by atoms with Crippen molar-refractivity contribution in [3.8, 4) is 12.1 Å². The summed E-state index contributed by atoms with van der Waals surface area (Å²) < 4.78 is 0. The molecule has 2 aromatic rings. The van der Waals surface area contributed by atoms with E-state index in [1.807, 2.05) is 24.3 Å². The van der Waals surface area contributed by atoms with Crippen molar-refractivity contribution in [3.63, 3.8) is 0 Å². The molecule has 1 aromatic heterocycles. The first kappa shape index (κ1) is 13.8. The van der Waals surface area contributed by atoms with Crippen LogP contribution in [0.4, 0.5) is 5.82 Å². The van der Waals surface area contributed by atoms with E-state index in [9.17, 15) is 0 Å². The van der Waals surface area contributed by atoms with E-state index in [4.69, 9.17) is 22.1 Å². The molecule has 0 radical (unpaired) electrons. The maximum absolute atomic E-state index is 8.93. The number of hydrogen-bond donors (Lipinski definition) is 1. The molecule has 0 atom stereocenters. The zero-order valence-electron chi connectivity index (χ0n) is 10.7. The quantitative estimate of drug-likeness (QED) is 0.936. The molecule has 0 fully saturated rings. The van der Waals surface area contributed by atoms with Gasteiger partial charge in [0, 0.05) is 11.6 Å². The van der Waals surface area contributed by atoms with Crippen molar-refractivity contribution in [3.05, 3.63) is 51.9 Å². The lowest BCUT2D eigenvalue weighted by molar-refractivity contribution is 1.02. The second-order valence-corrected chi connectivity index (χ2v) is 4.49. The predicted octanol–water partition coefficient (Wildman–Crippen LogP) is 2.79. The maximum Gasteiger partial charge on any atom is 0.179 e. The summed E-state index contributed by atoms with van der Waals surface area (Å²) in [5.74, 6) is 0.496. The third kappa shape index (κ3) is 3.03. The van der Waals surface area contributed by atoms with E-state index in [0.717, 1.165) is 5.56 Å². The third-order valence-electron chi connectivity index (χ3n) is 2.66. The van der Waals surface area contributed by atoms with Crippen molar-refractivity contribution in [2.24, 2.45) is 0 Å². The number of nitrogens with one attached hydrogen (secondary N) is 1. The predicted molar refractivity (Wildman–Crippen MR) is 75.0 cm³/mol. The van der Waals surface area contributed by atoms with Crippen LogP contribution >= 0.6 is 11.6 Å². The van der Waals surface area contributed by atoms with E-state index < -0.39 is 0 Å². The van der Waals surface area contributed by atoms with Gasteiger partial charge < -0.3 is 5.32 Å². The molecule has 1 heterocycles. The Balaban J connectivity index is 2.20. The van der Waals surface area contributed by atoms with Crippen LogP contribution in [0.1, 0.15) is 22.6 Å². The normalized spacial score (nSPS) is 9.60. The van der Waals surface area contributed by atoms with E-state index in [-0.39, 0.29) is 11.4 Å². The van der Waals surface area contributed by atoms with Crippen LogP contribution in [0.5, 0.6) is 0 Å². The summed E-state index contributed by atoms with van der Waals surface area (Å²) in [6.07, 6.45) is 0. The number of nitrogens with zero attached hydrogens (tertiary/aromatic N) is 4. The minimum absolute atomic E-state index is 0.0247. The number of anilines is 1. The van der Waals surface area contributed by atoms with Crippen molar-refractivity contribution >= 4 is 17.4 Å². The average Bonchev–Trinajstić information content (AvgIpc) is 2.47. The summed E-state index contributed by atoms with van der Waals surface area (Å²) in [6, 6.07) is 11.1. The standard InChI is InChI=1S/C14H10ClN5/c1-9-14(20-13(7-17)12(6-16)19-9)18-8-10-2-4-11(15)5-3-10/h2-5H,8H2,1H3,(H,18,20). The molecule has 0 saturated heterocycles. The van der Waals surface area contributed by atoms with E-state index >= 15 is 0 Å². The monoisotopic (exact) mass is 283 g/mol. The average molecular weight is 284 g/mol. The summed E-state index contributed by atoms with van der Waals surface area (Å²) in [7, 11) is 0. The Hall–Kier alpha value is -2.63. The lowest BCUT2D eigenvalue weighted by Gasteiger charge is -2.09. The smallest absolute Gasteiger partial charge is 0.179 e. The fourth-order valence-corrected chi connectivity index (χ4v) is 1.76. The molecule has 1 N–H and O–H groups in total. The summed E-state index contributed by atoms with van der Waals surface area (Å²) in [5, 5.41) is 21.6. The number of hydrogen-bond acceptors (Lipinski definition) is 5. The van der Waals surface area contributed by atoms with Gasteiger partial charge in [0.1, 0.15) is 18.0 Å². The number of nitriles is 2. The minimum atomic E-state index is 0.0247. The van der Waals surface area contributed by atoms with Gasteiger partial charge in [0.05, 0.1) is 5.69 Å². The van der Waals surface area contributed by atoms with Gasteiger partial charge in [-0.3, -0.25) is 0 Å². The lowest BCUT2D eigenvalue weighted by atomic mass is 10.2. The van der Waals surface area contributed by atoms with Gasteiger partial charge in [0.15, 0.2) is 11.4 Å². The summed E-state index contributed by atoms with van der Waals surface area (Å²) in [4.78, 5) is 8.17. The van der Waals surface area contributed by atoms with Crippen molar-refractivity contribution in [2.45, 2.75) is 13.5 Å². The van der Waals surface area contributed by atoms with Crippen LogP contribution in [0.15, 0.2) is 24.3 Å². The summed E-state index contributed by atoms with van der Waals surface area (Å²) in [6.45, 7) is 2.27.